The lowest BCUT2D eigenvalue weighted by molar-refractivity contribution is -0.155. The van der Waals surface area contributed by atoms with Gasteiger partial charge in [-0.05, 0) is 63.2 Å². The van der Waals surface area contributed by atoms with Crippen molar-refractivity contribution in [3.63, 3.8) is 0 Å². The molecule has 42 heavy (non-hydrogen) atoms. The quantitative estimate of drug-likeness (QED) is 0.155. The van der Waals surface area contributed by atoms with Gasteiger partial charge in [0, 0.05) is 6.42 Å². The number of hydrogen-bond donors (Lipinski definition) is 0. The van der Waals surface area contributed by atoms with E-state index in [9.17, 15) is 9.18 Å². The van der Waals surface area contributed by atoms with Crippen LogP contribution in [0.2, 0.25) is 5.04 Å². The molecule has 0 radical (unpaired) electrons. The van der Waals surface area contributed by atoms with Crippen LogP contribution >= 0.6 is 0 Å². The molecule has 1 heterocycles. The highest BCUT2D eigenvalue weighted by Crippen LogP contribution is 2.39. The summed E-state index contributed by atoms with van der Waals surface area (Å²) < 4.78 is 26.4. The first-order valence-electron chi connectivity index (χ1n) is 14.7. The summed E-state index contributed by atoms with van der Waals surface area (Å²) in [4.78, 5) is 12.9. The van der Waals surface area contributed by atoms with Gasteiger partial charge in [-0.25, -0.2) is 4.39 Å². The third-order valence-corrected chi connectivity index (χ3v) is 13.2. The summed E-state index contributed by atoms with van der Waals surface area (Å²) in [6, 6.07) is 36.0. The van der Waals surface area contributed by atoms with E-state index in [0.29, 0.717) is 6.42 Å². The minimum absolute atomic E-state index is 0.175. The maximum absolute atomic E-state index is 13.3. The molecule has 1 saturated heterocycles. The largest absolute Gasteiger partial charge is 0.458 e. The van der Waals surface area contributed by atoms with Gasteiger partial charge >= 0.3 is 5.97 Å². The summed E-state index contributed by atoms with van der Waals surface area (Å²) in [5, 5.41) is 2.22. The van der Waals surface area contributed by atoms with Crippen LogP contribution in [0.3, 0.4) is 0 Å². The van der Waals surface area contributed by atoms with Crippen LogP contribution in [-0.4, -0.2) is 26.5 Å². The first-order chi connectivity index (χ1) is 20.2. The number of benzene rings is 4. The van der Waals surface area contributed by atoms with E-state index >= 15 is 0 Å². The standard InChI is InChI=1S/C37H39FO3Si/c1-37(2,3)42(34-14-6-4-7-15-34,35-16-8-5-9-17-35)41-33-26-32(40-36(39)27-33)25-22-30-13-11-10-12-29(30)21-18-28-19-23-31(38)24-20-28/h4-17,19-20,22-25,32-33H,18,21,26-27H2,1-3H3/t32-,33-/m1/s1. The van der Waals surface area contributed by atoms with E-state index in [4.69, 9.17) is 9.16 Å². The minimum atomic E-state index is -2.79. The van der Waals surface area contributed by atoms with Crippen LogP contribution in [-0.2, 0) is 26.8 Å². The van der Waals surface area contributed by atoms with Crippen molar-refractivity contribution in [3.05, 3.63) is 138 Å². The highest BCUT2D eigenvalue weighted by atomic mass is 28.4. The average Bonchev–Trinajstić information content (AvgIpc) is 2.99. The Balaban J connectivity index is 1.38. The molecule has 2 atom stereocenters. The van der Waals surface area contributed by atoms with Gasteiger partial charge in [0.2, 0.25) is 0 Å². The van der Waals surface area contributed by atoms with E-state index < -0.39 is 8.32 Å². The van der Waals surface area contributed by atoms with Gasteiger partial charge in [0.15, 0.2) is 0 Å². The number of halogens is 1. The SMILES string of the molecule is CC(C)(C)[Si](O[C@H]1CC(=O)O[C@H](C=Cc2ccccc2CCc2ccc(F)cc2)C1)(c1ccccc1)c1ccccc1. The van der Waals surface area contributed by atoms with Crippen molar-refractivity contribution in [1.29, 1.82) is 0 Å². The zero-order valence-corrected chi connectivity index (χ0v) is 25.6. The van der Waals surface area contributed by atoms with E-state index in [1.807, 2.05) is 42.5 Å². The Morgan fingerprint density at radius 1 is 0.833 bits per heavy atom. The molecule has 0 amide bonds. The number of esters is 1. The molecule has 0 unspecified atom stereocenters. The number of carbonyl (C=O) groups excluding carboxylic acids is 1. The summed E-state index contributed by atoms with van der Waals surface area (Å²) in [6.07, 6.45) is 5.90. The molecule has 5 heteroatoms. The van der Waals surface area contributed by atoms with Gasteiger partial charge in [-0.2, -0.15) is 0 Å². The smallest absolute Gasteiger partial charge is 0.308 e. The summed E-state index contributed by atoms with van der Waals surface area (Å²) in [5.74, 6) is -0.454. The second-order valence-electron chi connectivity index (χ2n) is 12.1. The van der Waals surface area contributed by atoms with Crippen LogP contribution in [0.15, 0.2) is 115 Å². The number of rotatable bonds is 9. The fourth-order valence-corrected chi connectivity index (χ4v) is 10.7. The van der Waals surface area contributed by atoms with E-state index in [2.05, 4.69) is 87.5 Å². The molecule has 0 aliphatic carbocycles. The van der Waals surface area contributed by atoms with Gasteiger partial charge < -0.3 is 9.16 Å². The fourth-order valence-electron chi connectivity index (χ4n) is 6.01. The van der Waals surface area contributed by atoms with Crippen molar-refractivity contribution >= 4 is 30.7 Å². The Labute approximate surface area is 250 Å². The van der Waals surface area contributed by atoms with Crippen molar-refractivity contribution < 1.29 is 18.3 Å². The first kappa shape index (κ1) is 29.7. The van der Waals surface area contributed by atoms with Crippen molar-refractivity contribution in [3.8, 4) is 0 Å². The predicted molar refractivity (Wildman–Crippen MR) is 171 cm³/mol. The number of hydrogen-bond acceptors (Lipinski definition) is 3. The molecule has 0 N–H and O–H groups in total. The number of carbonyl (C=O) groups is 1. The number of aryl methyl sites for hydroxylation is 2. The van der Waals surface area contributed by atoms with Crippen LogP contribution in [0.5, 0.6) is 0 Å². The maximum Gasteiger partial charge on any atom is 0.308 e. The molecule has 0 saturated carbocycles. The molecule has 5 rings (SSSR count). The summed E-state index contributed by atoms with van der Waals surface area (Å²) in [7, 11) is -2.79. The zero-order chi connectivity index (χ0) is 29.6. The molecule has 1 aliphatic heterocycles. The van der Waals surface area contributed by atoms with Crippen LogP contribution in [0.25, 0.3) is 6.08 Å². The summed E-state index contributed by atoms with van der Waals surface area (Å²) in [6.45, 7) is 6.75. The lowest BCUT2D eigenvalue weighted by Crippen LogP contribution is -2.68. The van der Waals surface area contributed by atoms with E-state index in [1.165, 1.54) is 28.1 Å². The van der Waals surface area contributed by atoms with E-state index in [1.54, 1.807) is 0 Å². The third kappa shape index (κ3) is 6.80. The van der Waals surface area contributed by atoms with Gasteiger partial charge in [-0.3, -0.25) is 4.79 Å². The van der Waals surface area contributed by atoms with E-state index in [0.717, 1.165) is 24.0 Å². The highest BCUT2D eigenvalue weighted by Gasteiger charge is 2.52. The molecule has 1 aliphatic rings. The molecule has 1 fully saturated rings. The second kappa shape index (κ2) is 13.0. The van der Waals surface area contributed by atoms with Crippen molar-refractivity contribution in [2.24, 2.45) is 0 Å². The van der Waals surface area contributed by atoms with Gasteiger partial charge in [-0.1, -0.05) is 124 Å². The van der Waals surface area contributed by atoms with Crippen molar-refractivity contribution in [1.82, 2.24) is 0 Å². The number of cyclic esters (lactones) is 1. The van der Waals surface area contributed by atoms with Crippen LogP contribution in [0.1, 0.15) is 50.3 Å². The average molecular weight is 579 g/mol. The normalized spacial score (nSPS) is 17.8. The monoisotopic (exact) mass is 578 g/mol. The van der Waals surface area contributed by atoms with Gasteiger partial charge in [0.25, 0.3) is 8.32 Å². The molecule has 0 spiro atoms. The summed E-state index contributed by atoms with van der Waals surface area (Å²) >= 11 is 0. The van der Waals surface area contributed by atoms with Crippen molar-refractivity contribution in [2.45, 2.75) is 63.7 Å². The van der Waals surface area contributed by atoms with Gasteiger partial charge in [0.05, 0.1) is 12.5 Å². The van der Waals surface area contributed by atoms with E-state index in [-0.39, 0.29) is 35.5 Å². The molecule has 0 bridgehead atoms. The lowest BCUT2D eigenvalue weighted by atomic mass is 9.98. The predicted octanol–water partition coefficient (Wildman–Crippen LogP) is 7.27. The van der Waals surface area contributed by atoms with Crippen LogP contribution in [0, 0.1) is 5.82 Å². The highest BCUT2D eigenvalue weighted by molar-refractivity contribution is 6.99. The summed E-state index contributed by atoms with van der Waals surface area (Å²) in [5.41, 5.74) is 3.38. The van der Waals surface area contributed by atoms with Gasteiger partial charge in [-0.15, -0.1) is 0 Å². The van der Waals surface area contributed by atoms with Crippen LogP contribution in [0.4, 0.5) is 4.39 Å². The van der Waals surface area contributed by atoms with Crippen molar-refractivity contribution in [2.75, 3.05) is 0 Å². The first-order valence-corrected chi connectivity index (χ1v) is 16.6. The molecule has 4 aromatic rings. The molecular weight excluding hydrogens is 539 g/mol. The molecular formula is C37H39FO3Si. The Morgan fingerprint density at radius 2 is 1.43 bits per heavy atom. The maximum atomic E-state index is 13.3. The Morgan fingerprint density at radius 3 is 2.05 bits per heavy atom. The third-order valence-electron chi connectivity index (χ3n) is 8.07. The number of ether oxygens (including phenoxy) is 1. The fraction of sp³-hybridized carbons (Fsp3) is 0.270. The van der Waals surface area contributed by atoms with Crippen LogP contribution < -0.4 is 10.4 Å². The Kier molecular flexibility index (Phi) is 9.20. The minimum Gasteiger partial charge on any atom is -0.458 e. The molecule has 216 valence electrons. The zero-order valence-electron chi connectivity index (χ0n) is 24.6. The second-order valence-corrected chi connectivity index (χ2v) is 16.3. The van der Waals surface area contributed by atoms with Gasteiger partial charge in [0.1, 0.15) is 11.9 Å². The molecule has 4 aromatic carbocycles. The molecule has 0 aromatic heterocycles. The molecule has 3 nitrogen and oxygen atoms in total. The Hall–Kier alpha value is -3.80. The Bertz CT molecular complexity index is 1450. The topological polar surface area (TPSA) is 35.5 Å². The lowest BCUT2D eigenvalue weighted by Gasteiger charge is -2.46.